The van der Waals surface area contributed by atoms with Crippen LogP contribution in [0.4, 0.5) is 0 Å². The molecule has 6 heteroatoms. The molecule has 1 aliphatic carbocycles. The maximum Gasteiger partial charge on any atom is 0.305 e. The van der Waals surface area contributed by atoms with Crippen molar-refractivity contribution in [3.8, 4) is 0 Å². The molecule has 2 unspecified atom stereocenters. The van der Waals surface area contributed by atoms with E-state index in [0.29, 0.717) is 13.0 Å². The minimum Gasteiger partial charge on any atom is -0.421 e. The average Bonchev–Trinajstić information content (AvgIpc) is 2.84. The lowest BCUT2D eigenvalue weighted by atomic mass is 9.92. The molecule has 192 valence electrons. The van der Waals surface area contributed by atoms with Gasteiger partial charge in [-0.1, -0.05) is 94.4 Å². The van der Waals surface area contributed by atoms with Crippen molar-refractivity contribution in [2.45, 2.75) is 58.3 Å². The van der Waals surface area contributed by atoms with E-state index < -0.39 is 25.9 Å². The Balaban J connectivity index is 1.79. The summed E-state index contributed by atoms with van der Waals surface area (Å²) in [6, 6.07) is 21.2. The van der Waals surface area contributed by atoms with Crippen LogP contribution in [0.25, 0.3) is 0 Å². The minimum atomic E-state index is -2.58. The molecule has 0 N–H and O–H groups in total. The predicted molar refractivity (Wildman–Crippen MR) is 146 cm³/mol. The number of benzene rings is 2. The number of ether oxygens (including phenoxy) is 2. The third-order valence-corrected chi connectivity index (χ3v) is 11.7. The normalized spacial score (nSPS) is 19.1. The topological polar surface area (TPSA) is 61.8 Å². The Morgan fingerprint density at radius 1 is 0.972 bits per heavy atom. The summed E-state index contributed by atoms with van der Waals surface area (Å²) >= 11 is 0. The number of carbonyl (C=O) groups is 2. The van der Waals surface area contributed by atoms with Gasteiger partial charge in [0.25, 0.3) is 14.1 Å². The van der Waals surface area contributed by atoms with E-state index in [2.05, 4.69) is 76.2 Å². The van der Waals surface area contributed by atoms with E-state index >= 15 is 0 Å². The van der Waals surface area contributed by atoms with Crippen molar-refractivity contribution in [1.29, 1.82) is 0 Å². The monoisotopic (exact) mass is 506 g/mol. The first kappa shape index (κ1) is 27.8. The van der Waals surface area contributed by atoms with Crippen LogP contribution < -0.4 is 10.4 Å². The molecule has 0 spiro atoms. The zero-order chi connectivity index (χ0) is 26.4. The van der Waals surface area contributed by atoms with Gasteiger partial charge in [0, 0.05) is 20.6 Å². The van der Waals surface area contributed by atoms with Crippen LogP contribution in [0.5, 0.6) is 0 Å². The zero-order valence-corrected chi connectivity index (χ0v) is 23.2. The molecule has 2 atom stereocenters. The summed E-state index contributed by atoms with van der Waals surface area (Å²) in [5.41, 5.74) is 0.899. The lowest BCUT2D eigenvalue weighted by Crippen LogP contribution is -2.66. The lowest BCUT2D eigenvalue weighted by Gasteiger charge is -2.43. The molecule has 2 aromatic rings. The summed E-state index contributed by atoms with van der Waals surface area (Å²) in [6.45, 7) is 10.9. The second kappa shape index (κ2) is 11.5. The first-order valence-electron chi connectivity index (χ1n) is 12.5. The van der Waals surface area contributed by atoms with Gasteiger partial charge in [-0.25, -0.2) is 0 Å². The van der Waals surface area contributed by atoms with Crippen LogP contribution in [0.15, 0.2) is 84.5 Å². The summed E-state index contributed by atoms with van der Waals surface area (Å²) in [5.74, 6) is -2.37. The van der Waals surface area contributed by atoms with Crippen molar-refractivity contribution in [3.63, 3.8) is 0 Å². The van der Waals surface area contributed by atoms with Gasteiger partial charge < -0.3 is 13.9 Å². The second-order valence-corrected chi connectivity index (χ2v) is 14.8. The summed E-state index contributed by atoms with van der Waals surface area (Å²) in [5, 5.41) is 2.45. The largest absolute Gasteiger partial charge is 0.421 e. The Bertz CT molecular complexity index is 1060. The molecule has 36 heavy (non-hydrogen) atoms. The third-order valence-electron chi connectivity index (χ3n) is 6.70. The fourth-order valence-electron chi connectivity index (χ4n) is 4.96. The van der Waals surface area contributed by atoms with Gasteiger partial charge >= 0.3 is 5.97 Å². The van der Waals surface area contributed by atoms with Crippen LogP contribution in [-0.4, -0.2) is 39.6 Å². The van der Waals surface area contributed by atoms with Gasteiger partial charge in [-0.3, -0.25) is 9.59 Å². The van der Waals surface area contributed by atoms with Gasteiger partial charge in [0.2, 0.25) is 5.78 Å². The molecule has 0 amide bonds. The minimum absolute atomic E-state index is 0.0734. The molecule has 0 radical (unpaired) electrons. The maximum atomic E-state index is 12.4. The zero-order valence-electron chi connectivity index (χ0n) is 22.2. The quantitative estimate of drug-likeness (QED) is 0.259. The first-order chi connectivity index (χ1) is 17.0. The number of allylic oxidation sites excluding steroid dienone is 2. The number of methoxy groups -OCH3 is 1. The molecule has 5 nitrogen and oxygen atoms in total. The van der Waals surface area contributed by atoms with E-state index in [1.54, 1.807) is 12.2 Å². The van der Waals surface area contributed by atoms with Crippen molar-refractivity contribution >= 4 is 30.4 Å². The number of ketones is 1. The Morgan fingerprint density at radius 3 is 2.00 bits per heavy atom. The second-order valence-electron chi connectivity index (χ2n) is 10.5. The van der Waals surface area contributed by atoms with Crippen LogP contribution in [0.3, 0.4) is 0 Å². The highest BCUT2D eigenvalue weighted by atomic mass is 28.4. The van der Waals surface area contributed by atoms with Crippen molar-refractivity contribution in [2.24, 2.45) is 5.92 Å². The number of esters is 1. The molecule has 2 aromatic carbocycles. The van der Waals surface area contributed by atoms with Crippen LogP contribution in [0, 0.1) is 5.92 Å². The van der Waals surface area contributed by atoms with E-state index in [1.165, 1.54) is 30.5 Å². The maximum absolute atomic E-state index is 12.4. The summed E-state index contributed by atoms with van der Waals surface area (Å²) in [6.07, 6.45) is 6.38. The Kier molecular flexibility index (Phi) is 8.87. The van der Waals surface area contributed by atoms with E-state index in [4.69, 9.17) is 13.9 Å². The molecule has 0 bridgehead atoms. The van der Waals surface area contributed by atoms with Crippen LogP contribution in [0.1, 0.15) is 47.5 Å². The van der Waals surface area contributed by atoms with E-state index in [9.17, 15) is 9.59 Å². The lowest BCUT2D eigenvalue weighted by molar-refractivity contribution is -0.199. The molecule has 1 aliphatic rings. The summed E-state index contributed by atoms with van der Waals surface area (Å²) in [7, 11) is -1.21. The van der Waals surface area contributed by atoms with Crippen LogP contribution in [0.2, 0.25) is 5.04 Å². The average molecular weight is 507 g/mol. The number of hydrogen-bond acceptors (Lipinski definition) is 5. The Morgan fingerprint density at radius 2 is 1.53 bits per heavy atom. The smallest absolute Gasteiger partial charge is 0.305 e. The van der Waals surface area contributed by atoms with Crippen LogP contribution >= 0.6 is 0 Å². The molecule has 3 rings (SSSR count). The van der Waals surface area contributed by atoms with Crippen molar-refractivity contribution < 1.29 is 23.5 Å². The summed E-state index contributed by atoms with van der Waals surface area (Å²) < 4.78 is 17.6. The highest BCUT2D eigenvalue weighted by molar-refractivity contribution is 6.99. The van der Waals surface area contributed by atoms with E-state index in [-0.39, 0.29) is 11.0 Å². The fourth-order valence-corrected chi connectivity index (χ4v) is 9.54. The van der Waals surface area contributed by atoms with Gasteiger partial charge in [-0.15, -0.1) is 0 Å². The van der Waals surface area contributed by atoms with Gasteiger partial charge in [-0.05, 0) is 51.9 Å². The molecule has 0 heterocycles. The van der Waals surface area contributed by atoms with Gasteiger partial charge in [-0.2, -0.15) is 0 Å². The summed E-state index contributed by atoms with van der Waals surface area (Å²) in [4.78, 5) is 24.0. The highest BCUT2D eigenvalue weighted by Gasteiger charge is 2.50. The number of rotatable bonds is 10. The standard InChI is InChI=1S/C30H38O5Si/c1-23(21-25-17-18-28(32)30(22-25,33-6)35-24(2)31)19-20-34-36(29(3,4)5,26-13-9-7-10-14-26)27-15-11-8-12-16-27/h7-18,22-23H,19-21H2,1-6H3. The Hall–Kier alpha value is -2.80. The third kappa shape index (κ3) is 5.94. The van der Waals surface area contributed by atoms with Gasteiger partial charge in [0.05, 0.1) is 0 Å². The van der Waals surface area contributed by atoms with Gasteiger partial charge in [0.15, 0.2) is 0 Å². The molecule has 0 aliphatic heterocycles. The fraction of sp³-hybridized carbons (Fsp3) is 0.400. The molecule has 0 saturated carbocycles. The van der Waals surface area contributed by atoms with Gasteiger partial charge in [0.1, 0.15) is 0 Å². The molecular formula is C30H38O5Si. The van der Waals surface area contributed by atoms with Crippen molar-refractivity contribution in [3.05, 3.63) is 84.5 Å². The highest BCUT2D eigenvalue weighted by Crippen LogP contribution is 2.37. The first-order valence-corrected chi connectivity index (χ1v) is 14.4. The van der Waals surface area contributed by atoms with E-state index in [0.717, 1.165) is 12.0 Å². The molecule has 0 aromatic heterocycles. The van der Waals surface area contributed by atoms with Crippen LogP contribution in [-0.2, 0) is 23.5 Å². The molecular weight excluding hydrogens is 468 g/mol. The van der Waals surface area contributed by atoms with E-state index in [1.807, 2.05) is 12.1 Å². The predicted octanol–water partition coefficient (Wildman–Crippen LogP) is 4.95. The van der Waals surface area contributed by atoms with Crippen molar-refractivity contribution in [1.82, 2.24) is 0 Å². The van der Waals surface area contributed by atoms with Crippen molar-refractivity contribution in [2.75, 3.05) is 13.7 Å². The number of hydrogen-bond donors (Lipinski definition) is 0. The Labute approximate surface area is 216 Å². The molecule has 0 fully saturated rings. The molecule has 0 saturated heterocycles. The number of carbonyl (C=O) groups excluding carboxylic acids is 2. The SMILES string of the molecule is COC1(OC(C)=O)C=C(CC(C)CCO[Si](c2ccccc2)(c2ccccc2)C(C)(C)C)C=CC1=O.